The highest BCUT2D eigenvalue weighted by Gasteiger charge is 2.09. The molecule has 0 aliphatic carbocycles. The minimum atomic E-state index is 0.278. The van der Waals surface area contributed by atoms with E-state index in [1.54, 1.807) is 10.9 Å². The highest BCUT2D eigenvalue weighted by atomic mass is 79.9. The second-order valence-corrected chi connectivity index (χ2v) is 4.83. The first-order valence-electron chi connectivity index (χ1n) is 5.50. The largest absolute Gasteiger partial charge is 0.304 e. The average molecular weight is 295 g/mol. The molecule has 0 fully saturated rings. The van der Waals surface area contributed by atoms with Gasteiger partial charge in [0.25, 0.3) is 0 Å². The topological polar surface area (TPSA) is 42.7 Å². The molecule has 5 heteroatoms. The Hall–Kier alpha value is -1.20. The first-order valence-corrected chi connectivity index (χ1v) is 6.29. The number of benzene rings is 1. The Balaban J connectivity index is 2.01. The lowest BCUT2D eigenvalue weighted by molar-refractivity contribution is 0.545. The molecule has 1 unspecified atom stereocenters. The summed E-state index contributed by atoms with van der Waals surface area (Å²) in [4.78, 5) is 0. The standard InChI is InChI=1S/C12H15BrN4/c1-9(11-5-3-4-6-12(11)13)14-7-10-8-15-16-17(10)2/h3-6,8-9,14H,7H2,1-2H3. The van der Waals surface area contributed by atoms with Crippen LogP contribution in [0.2, 0.25) is 0 Å². The van der Waals surface area contributed by atoms with Crippen LogP contribution in [0.15, 0.2) is 34.9 Å². The third kappa shape index (κ3) is 2.92. The summed E-state index contributed by atoms with van der Waals surface area (Å²) in [5, 5.41) is 11.2. The Morgan fingerprint density at radius 3 is 2.82 bits per heavy atom. The molecule has 0 bridgehead atoms. The first-order chi connectivity index (χ1) is 8.18. The number of hydrogen-bond donors (Lipinski definition) is 1. The van der Waals surface area contributed by atoms with Crippen molar-refractivity contribution in [1.82, 2.24) is 20.3 Å². The molecule has 90 valence electrons. The fourth-order valence-corrected chi connectivity index (χ4v) is 2.29. The van der Waals surface area contributed by atoms with Crippen molar-refractivity contribution in [3.05, 3.63) is 46.2 Å². The highest BCUT2D eigenvalue weighted by Crippen LogP contribution is 2.22. The number of aryl methyl sites for hydroxylation is 1. The summed E-state index contributed by atoms with van der Waals surface area (Å²) in [6.45, 7) is 2.90. The van der Waals surface area contributed by atoms with Gasteiger partial charge in [0.2, 0.25) is 0 Å². The van der Waals surface area contributed by atoms with Crippen molar-refractivity contribution in [2.45, 2.75) is 19.5 Å². The van der Waals surface area contributed by atoms with Crippen molar-refractivity contribution in [2.75, 3.05) is 0 Å². The molecule has 1 atom stereocenters. The van der Waals surface area contributed by atoms with Crippen LogP contribution in [0.25, 0.3) is 0 Å². The normalized spacial score (nSPS) is 12.6. The second-order valence-electron chi connectivity index (χ2n) is 3.97. The zero-order valence-electron chi connectivity index (χ0n) is 9.89. The maximum Gasteiger partial charge on any atom is 0.0738 e. The van der Waals surface area contributed by atoms with Crippen molar-refractivity contribution in [1.29, 1.82) is 0 Å². The van der Waals surface area contributed by atoms with Gasteiger partial charge in [-0.05, 0) is 18.6 Å². The highest BCUT2D eigenvalue weighted by molar-refractivity contribution is 9.10. The van der Waals surface area contributed by atoms with Crippen LogP contribution in [0.4, 0.5) is 0 Å². The molecule has 1 aromatic heterocycles. The Morgan fingerprint density at radius 1 is 1.41 bits per heavy atom. The lowest BCUT2D eigenvalue weighted by Crippen LogP contribution is -2.20. The minimum absolute atomic E-state index is 0.278. The Morgan fingerprint density at radius 2 is 2.18 bits per heavy atom. The van der Waals surface area contributed by atoms with E-state index in [1.165, 1.54) is 5.56 Å². The summed E-state index contributed by atoms with van der Waals surface area (Å²) in [5.41, 5.74) is 2.33. The van der Waals surface area contributed by atoms with Crippen LogP contribution < -0.4 is 5.32 Å². The summed E-state index contributed by atoms with van der Waals surface area (Å²) >= 11 is 3.56. The molecule has 1 N–H and O–H groups in total. The van der Waals surface area contributed by atoms with Crippen LogP contribution in [-0.4, -0.2) is 15.0 Å². The van der Waals surface area contributed by atoms with E-state index in [4.69, 9.17) is 0 Å². The number of nitrogens with zero attached hydrogens (tertiary/aromatic N) is 3. The van der Waals surface area contributed by atoms with E-state index in [9.17, 15) is 0 Å². The van der Waals surface area contributed by atoms with Crippen LogP contribution in [0.5, 0.6) is 0 Å². The summed E-state index contributed by atoms with van der Waals surface area (Å²) in [7, 11) is 1.90. The van der Waals surface area contributed by atoms with Crippen LogP contribution in [-0.2, 0) is 13.6 Å². The molecule has 0 aliphatic rings. The first kappa shape index (κ1) is 12.3. The van der Waals surface area contributed by atoms with Gasteiger partial charge < -0.3 is 5.32 Å². The van der Waals surface area contributed by atoms with E-state index in [2.05, 4.69) is 50.6 Å². The molecule has 0 saturated carbocycles. The summed E-state index contributed by atoms with van der Waals surface area (Å²) in [5.74, 6) is 0. The van der Waals surface area contributed by atoms with Gasteiger partial charge in [-0.3, -0.25) is 4.68 Å². The molecule has 1 heterocycles. The summed E-state index contributed by atoms with van der Waals surface area (Å²) < 4.78 is 2.91. The van der Waals surface area contributed by atoms with E-state index >= 15 is 0 Å². The fraction of sp³-hybridized carbons (Fsp3) is 0.333. The summed E-state index contributed by atoms with van der Waals surface area (Å²) in [6, 6.07) is 8.51. The lowest BCUT2D eigenvalue weighted by Gasteiger charge is -2.15. The molecule has 17 heavy (non-hydrogen) atoms. The van der Waals surface area contributed by atoms with E-state index in [0.29, 0.717) is 0 Å². The molecule has 2 aromatic rings. The average Bonchev–Trinajstić information content (AvgIpc) is 2.72. The zero-order valence-corrected chi connectivity index (χ0v) is 11.5. The van der Waals surface area contributed by atoms with Crippen molar-refractivity contribution in [3.63, 3.8) is 0 Å². The predicted molar refractivity (Wildman–Crippen MR) is 70.4 cm³/mol. The second kappa shape index (κ2) is 5.42. The smallest absolute Gasteiger partial charge is 0.0738 e. The van der Waals surface area contributed by atoms with Gasteiger partial charge in [0.15, 0.2) is 0 Å². The molecule has 4 nitrogen and oxygen atoms in total. The van der Waals surface area contributed by atoms with Gasteiger partial charge in [0.1, 0.15) is 0 Å². The predicted octanol–water partition coefficient (Wildman–Crippen LogP) is 2.43. The molecule has 0 aliphatic heterocycles. The maximum absolute atomic E-state index is 3.90. The zero-order chi connectivity index (χ0) is 12.3. The number of aromatic nitrogens is 3. The number of halogens is 1. The van der Waals surface area contributed by atoms with Crippen molar-refractivity contribution in [3.8, 4) is 0 Å². The van der Waals surface area contributed by atoms with Gasteiger partial charge in [-0.25, -0.2) is 0 Å². The third-order valence-electron chi connectivity index (χ3n) is 2.77. The summed E-state index contributed by atoms with van der Waals surface area (Å²) in [6.07, 6.45) is 1.78. The van der Waals surface area contributed by atoms with E-state index < -0.39 is 0 Å². The molecule has 1 aromatic carbocycles. The van der Waals surface area contributed by atoms with Gasteiger partial charge in [-0.15, -0.1) is 5.10 Å². The number of hydrogen-bond acceptors (Lipinski definition) is 3. The molecular formula is C12H15BrN4. The van der Waals surface area contributed by atoms with Crippen molar-refractivity contribution in [2.24, 2.45) is 7.05 Å². The Kier molecular flexibility index (Phi) is 3.91. The fourth-order valence-electron chi connectivity index (χ4n) is 1.66. The van der Waals surface area contributed by atoms with Crippen LogP contribution in [0.1, 0.15) is 24.2 Å². The van der Waals surface area contributed by atoms with E-state index in [0.717, 1.165) is 16.7 Å². The van der Waals surface area contributed by atoms with Crippen LogP contribution in [0, 0.1) is 0 Å². The van der Waals surface area contributed by atoms with Crippen LogP contribution in [0.3, 0.4) is 0 Å². The monoisotopic (exact) mass is 294 g/mol. The van der Waals surface area contributed by atoms with Crippen LogP contribution >= 0.6 is 15.9 Å². The quantitative estimate of drug-likeness (QED) is 0.942. The molecule has 0 amide bonds. The SMILES string of the molecule is CC(NCc1cnnn1C)c1ccccc1Br. The third-order valence-corrected chi connectivity index (χ3v) is 3.49. The van der Waals surface area contributed by atoms with Gasteiger partial charge in [-0.2, -0.15) is 0 Å². The van der Waals surface area contributed by atoms with Gasteiger partial charge in [-0.1, -0.05) is 39.3 Å². The molecule has 0 saturated heterocycles. The van der Waals surface area contributed by atoms with E-state index in [1.807, 2.05) is 19.2 Å². The van der Waals surface area contributed by atoms with Crippen molar-refractivity contribution >= 4 is 15.9 Å². The minimum Gasteiger partial charge on any atom is -0.304 e. The Labute approximate surface area is 109 Å². The number of nitrogens with one attached hydrogen (secondary N) is 1. The van der Waals surface area contributed by atoms with Gasteiger partial charge in [0.05, 0.1) is 11.9 Å². The molecule has 0 radical (unpaired) electrons. The molecule has 2 rings (SSSR count). The molecule has 0 spiro atoms. The van der Waals surface area contributed by atoms with Gasteiger partial charge in [0, 0.05) is 24.1 Å². The Bertz CT molecular complexity index is 495. The maximum atomic E-state index is 3.90. The lowest BCUT2D eigenvalue weighted by atomic mass is 10.1. The van der Waals surface area contributed by atoms with E-state index in [-0.39, 0.29) is 6.04 Å². The van der Waals surface area contributed by atoms with Crippen molar-refractivity contribution < 1.29 is 0 Å². The number of rotatable bonds is 4. The van der Waals surface area contributed by atoms with Gasteiger partial charge >= 0.3 is 0 Å². The molecular weight excluding hydrogens is 280 g/mol.